The molecular formula is C42H41ClF2O7. The standard InChI is InChI=1S/C42H41ClF2O7/c1-47-35-21-18-31(37(44)38(35)45)22-32-23-33(19-20-34(32)43)42(48-2)41(51-27-30-16-10-5-11-17-30)40(50-26-29-14-8-4-9-15-29)39(36(24-46)52-42)49-25-28-12-6-3-7-13-28/h3-21,23,36,39-41,46H,22,24-27H2,1-2H3/t36?,39-,40+,41-,42+/m1/s1. The van der Waals surface area contributed by atoms with Gasteiger partial charge in [-0.25, -0.2) is 4.39 Å². The van der Waals surface area contributed by atoms with E-state index in [2.05, 4.69) is 0 Å². The Balaban J connectivity index is 1.43. The van der Waals surface area contributed by atoms with Crippen molar-refractivity contribution in [1.82, 2.24) is 0 Å². The Kier molecular flexibility index (Phi) is 12.7. The molecule has 0 saturated carbocycles. The summed E-state index contributed by atoms with van der Waals surface area (Å²) in [6.45, 7) is 0.153. The molecule has 7 nitrogen and oxygen atoms in total. The number of aliphatic hydroxyl groups is 1. The van der Waals surface area contributed by atoms with Crippen LogP contribution in [0, 0.1) is 11.6 Å². The molecule has 5 aromatic rings. The molecule has 1 N–H and O–H groups in total. The molecule has 6 rings (SSSR count). The van der Waals surface area contributed by atoms with Crippen LogP contribution in [0.5, 0.6) is 5.75 Å². The summed E-state index contributed by atoms with van der Waals surface area (Å²) >= 11 is 6.69. The van der Waals surface area contributed by atoms with Crippen molar-refractivity contribution in [2.75, 3.05) is 20.8 Å². The van der Waals surface area contributed by atoms with Crippen molar-refractivity contribution in [2.45, 2.75) is 56.4 Å². The lowest BCUT2D eigenvalue weighted by atomic mass is 9.86. The van der Waals surface area contributed by atoms with Gasteiger partial charge in [-0.15, -0.1) is 0 Å². The molecule has 10 heteroatoms. The van der Waals surface area contributed by atoms with Crippen LogP contribution in [0.15, 0.2) is 121 Å². The van der Waals surface area contributed by atoms with Crippen molar-refractivity contribution in [1.29, 1.82) is 0 Å². The van der Waals surface area contributed by atoms with E-state index in [1.165, 1.54) is 26.4 Å². The fourth-order valence-corrected chi connectivity index (χ4v) is 6.68. The summed E-state index contributed by atoms with van der Waals surface area (Å²) in [5.74, 6) is -4.00. The normalized spacial score (nSPS) is 21.6. The zero-order valence-corrected chi connectivity index (χ0v) is 29.7. The average molecular weight is 731 g/mol. The van der Waals surface area contributed by atoms with Gasteiger partial charge in [0.1, 0.15) is 24.4 Å². The van der Waals surface area contributed by atoms with Crippen molar-refractivity contribution in [3.63, 3.8) is 0 Å². The molecule has 0 aliphatic carbocycles. The molecule has 272 valence electrons. The van der Waals surface area contributed by atoms with E-state index >= 15 is 4.39 Å². The predicted molar refractivity (Wildman–Crippen MR) is 193 cm³/mol. The Morgan fingerprint density at radius 2 is 1.23 bits per heavy atom. The summed E-state index contributed by atoms with van der Waals surface area (Å²) in [5, 5.41) is 11.2. The van der Waals surface area contributed by atoms with Gasteiger partial charge in [-0.2, -0.15) is 4.39 Å². The van der Waals surface area contributed by atoms with Crippen molar-refractivity contribution in [3.05, 3.63) is 171 Å². The highest BCUT2D eigenvalue weighted by atomic mass is 35.5. The van der Waals surface area contributed by atoms with E-state index in [-0.39, 0.29) is 37.6 Å². The number of halogens is 3. The molecule has 1 fully saturated rings. The van der Waals surface area contributed by atoms with Crippen LogP contribution in [0.1, 0.15) is 33.4 Å². The predicted octanol–water partition coefficient (Wildman–Crippen LogP) is 8.16. The van der Waals surface area contributed by atoms with Gasteiger partial charge in [0.25, 0.3) is 0 Å². The van der Waals surface area contributed by atoms with Crippen LogP contribution < -0.4 is 4.74 Å². The van der Waals surface area contributed by atoms with Crippen molar-refractivity contribution in [3.8, 4) is 5.75 Å². The van der Waals surface area contributed by atoms with Crippen LogP contribution in [0.3, 0.4) is 0 Å². The first kappa shape index (κ1) is 37.6. The minimum Gasteiger partial charge on any atom is -0.494 e. The highest BCUT2D eigenvalue weighted by Crippen LogP contribution is 2.44. The maximum absolute atomic E-state index is 15.2. The lowest BCUT2D eigenvalue weighted by Gasteiger charge is -2.52. The van der Waals surface area contributed by atoms with E-state index in [1.54, 1.807) is 18.2 Å². The SMILES string of the molecule is COc1ccc(Cc2cc([C@]3(OC)OC(CO)[C@@H](OCc4ccccc4)[C@H](OCc4ccccc4)[C@H]3OCc3ccccc3)ccc2Cl)c(F)c1F. The van der Waals surface area contributed by atoms with Crippen molar-refractivity contribution >= 4 is 11.6 Å². The van der Waals surface area contributed by atoms with Gasteiger partial charge >= 0.3 is 0 Å². The lowest BCUT2D eigenvalue weighted by Crippen LogP contribution is -2.66. The smallest absolute Gasteiger partial charge is 0.225 e. The molecule has 0 amide bonds. The monoisotopic (exact) mass is 730 g/mol. The number of rotatable bonds is 15. The maximum atomic E-state index is 15.2. The Morgan fingerprint density at radius 1 is 0.673 bits per heavy atom. The molecule has 1 aliphatic rings. The van der Waals surface area contributed by atoms with E-state index in [1.807, 2.05) is 91.0 Å². The van der Waals surface area contributed by atoms with Gasteiger partial charge in [0.05, 0.1) is 33.5 Å². The summed E-state index contributed by atoms with van der Waals surface area (Å²) in [6, 6.07) is 37.0. The molecule has 0 bridgehead atoms. The van der Waals surface area contributed by atoms with Gasteiger partial charge in [0.2, 0.25) is 11.6 Å². The molecule has 1 aliphatic heterocycles. The van der Waals surface area contributed by atoms with Gasteiger partial charge in [0.15, 0.2) is 11.6 Å². The number of ether oxygens (including phenoxy) is 6. The second kappa shape index (κ2) is 17.6. The summed E-state index contributed by atoms with van der Waals surface area (Å²) in [4.78, 5) is 0. The molecule has 5 atom stereocenters. The molecule has 0 spiro atoms. The fourth-order valence-electron chi connectivity index (χ4n) is 6.50. The number of aliphatic hydroxyl groups excluding tert-OH is 1. The molecule has 1 heterocycles. The van der Waals surface area contributed by atoms with E-state index in [4.69, 9.17) is 40.0 Å². The second-order valence-corrected chi connectivity index (χ2v) is 12.9. The summed E-state index contributed by atoms with van der Waals surface area (Å²) in [7, 11) is 2.76. The summed E-state index contributed by atoms with van der Waals surface area (Å²) in [5.41, 5.74) is 3.77. The second-order valence-electron chi connectivity index (χ2n) is 12.5. The Morgan fingerprint density at radius 3 is 1.77 bits per heavy atom. The first-order valence-electron chi connectivity index (χ1n) is 17.0. The van der Waals surface area contributed by atoms with E-state index in [0.29, 0.717) is 16.1 Å². The van der Waals surface area contributed by atoms with E-state index < -0.39 is 48.4 Å². The van der Waals surface area contributed by atoms with Gasteiger partial charge in [-0.05, 0) is 46.0 Å². The molecule has 5 aromatic carbocycles. The Hall–Kier alpha value is -4.19. The highest BCUT2D eigenvalue weighted by Gasteiger charge is 2.58. The first-order chi connectivity index (χ1) is 25.4. The minimum absolute atomic E-state index is 0.0467. The highest BCUT2D eigenvalue weighted by molar-refractivity contribution is 6.31. The quantitative estimate of drug-likeness (QED) is 0.117. The fraction of sp³-hybridized carbons (Fsp3) is 0.286. The summed E-state index contributed by atoms with van der Waals surface area (Å²) < 4.78 is 68.0. The van der Waals surface area contributed by atoms with Crippen LogP contribution >= 0.6 is 11.6 Å². The third-order valence-corrected chi connectivity index (χ3v) is 9.56. The van der Waals surface area contributed by atoms with Crippen LogP contribution in [-0.2, 0) is 55.7 Å². The maximum Gasteiger partial charge on any atom is 0.225 e. The number of hydrogen-bond donors (Lipinski definition) is 1. The van der Waals surface area contributed by atoms with Crippen molar-refractivity contribution < 1.29 is 42.3 Å². The van der Waals surface area contributed by atoms with Crippen LogP contribution in [0.25, 0.3) is 0 Å². The van der Waals surface area contributed by atoms with Crippen LogP contribution in [0.4, 0.5) is 8.78 Å². The van der Waals surface area contributed by atoms with Gasteiger partial charge in [0, 0.05) is 24.1 Å². The molecule has 0 radical (unpaired) electrons. The Labute approximate surface area is 307 Å². The number of hydrogen-bond acceptors (Lipinski definition) is 7. The van der Waals surface area contributed by atoms with Gasteiger partial charge in [-0.3, -0.25) is 0 Å². The number of benzene rings is 5. The minimum atomic E-state index is -1.68. The van der Waals surface area contributed by atoms with Crippen LogP contribution in [-0.4, -0.2) is 50.3 Å². The third-order valence-electron chi connectivity index (χ3n) is 9.19. The zero-order valence-electron chi connectivity index (χ0n) is 28.9. The van der Waals surface area contributed by atoms with Gasteiger partial charge in [-0.1, -0.05) is 115 Å². The van der Waals surface area contributed by atoms with E-state index in [0.717, 1.165) is 16.7 Å². The summed E-state index contributed by atoms with van der Waals surface area (Å²) in [6.07, 6.45) is -3.61. The molecule has 1 saturated heterocycles. The molecule has 0 aromatic heterocycles. The topological polar surface area (TPSA) is 75.6 Å². The largest absolute Gasteiger partial charge is 0.494 e. The third kappa shape index (κ3) is 8.37. The Bertz CT molecular complexity index is 1880. The van der Waals surface area contributed by atoms with Gasteiger partial charge < -0.3 is 33.5 Å². The number of methoxy groups -OCH3 is 2. The van der Waals surface area contributed by atoms with Crippen LogP contribution in [0.2, 0.25) is 5.02 Å². The first-order valence-corrected chi connectivity index (χ1v) is 17.3. The van der Waals surface area contributed by atoms with E-state index in [9.17, 15) is 9.50 Å². The molecular weight excluding hydrogens is 690 g/mol. The van der Waals surface area contributed by atoms with Crippen molar-refractivity contribution in [2.24, 2.45) is 0 Å². The average Bonchev–Trinajstić information content (AvgIpc) is 3.19. The zero-order chi connectivity index (χ0) is 36.5. The molecule has 52 heavy (non-hydrogen) atoms. The lowest BCUT2D eigenvalue weighted by molar-refractivity contribution is -0.384. The molecule has 1 unspecified atom stereocenters.